The normalized spacial score (nSPS) is 20.8. The number of β-amino-alcohol motifs (C(OH)–C–C–N with tert-alkyl or cyclic N) is 1. The molecule has 4 aromatic rings. The van der Waals surface area contributed by atoms with Gasteiger partial charge in [-0.1, -0.05) is 18.2 Å². The van der Waals surface area contributed by atoms with E-state index < -0.39 is 66.1 Å². The highest BCUT2D eigenvalue weighted by Crippen LogP contribution is 2.34. The number of benzene rings is 2. The molecule has 1 fully saturated rings. The van der Waals surface area contributed by atoms with Crippen LogP contribution in [-0.2, 0) is 21.5 Å². The van der Waals surface area contributed by atoms with Crippen LogP contribution in [0.25, 0.3) is 11.3 Å². The van der Waals surface area contributed by atoms with Crippen molar-refractivity contribution >= 4 is 11.8 Å². The van der Waals surface area contributed by atoms with Crippen LogP contribution >= 0.6 is 0 Å². The number of hydrogen-bond donors (Lipinski definition) is 4. The van der Waals surface area contributed by atoms with Crippen LogP contribution < -0.4 is 15.4 Å². The number of ether oxygens (including phenoxy) is 1. The summed E-state index contributed by atoms with van der Waals surface area (Å²) in [5.41, 5.74) is 0.229. The number of nitrogens with one attached hydrogen (secondary N) is 2. The number of para-hydroxylation sites is 1. The minimum absolute atomic E-state index is 0.0507. The van der Waals surface area contributed by atoms with Crippen LogP contribution in [0.15, 0.2) is 70.0 Å². The molecule has 0 radical (unpaired) electrons. The lowest BCUT2D eigenvalue weighted by Crippen LogP contribution is -2.63. The minimum Gasteiger partial charge on any atom is -0.490 e. The highest BCUT2D eigenvalue weighted by molar-refractivity contribution is 5.82. The molecule has 0 bridgehead atoms. The first-order chi connectivity index (χ1) is 25.7. The van der Waals surface area contributed by atoms with Gasteiger partial charge in [0.05, 0.1) is 23.9 Å². The lowest BCUT2D eigenvalue weighted by molar-refractivity contribution is -0.145. The average Bonchev–Trinajstić information content (AvgIpc) is 3.85. The van der Waals surface area contributed by atoms with Gasteiger partial charge in [0.1, 0.15) is 36.9 Å². The molecular weight excluding hydrogens is 718 g/mol. The predicted molar refractivity (Wildman–Crippen MR) is 182 cm³/mol. The highest BCUT2D eigenvalue weighted by Gasteiger charge is 2.43. The zero-order valence-corrected chi connectivity index (χ0v) is 29.5. The van der Waals surface area contributed by atoms with Crippen LogP contribution in [0.2, 0.25) is 0 Å². The van der Waals surface area contributed by atoms with E-state index in [2.05, 4.69) is 20.5 Å². The van der Waals surface area contributed by atoms with Crippen molar-refractivity contribution in [3.63, 3.8) is 0 Å². The van der Waals surface area contributed by atoms with Gasteiger partial charge in [-0.2, -0.15) is 13.2 Å². The van der Waals surface area contributed by atoms with Crippen molar-refractivity contribution in [2.75, 3.05) is 39.3 Å². The Morgan fingerprint density at radius 2 is 1.85 bits per heavy atom. The summed E-state index contributed by atoms with van der Waals surface area (Å²) in [5, 5.41) is 34.5. The molecule has 2 aliphatic heterocycles. The Balaban J connectivity index is 1.17. The van der Waals surface area contributed by atoms with Crippen LogP contribution in [0.5, 0.6) is 5.75 Å². The monoisotopic (exact) mass is 759 g/mol. The summed E-state index contributed by atoms with van der Waals surface area (Å²) in [7, 11) is 0. The van der Waals surface area contributed by atoms with Crippen LogP contribution in [0.4, 0.5) is 17.6 Å². The smallest absolute Gasteiger partial charge is 0.405 e. The minimum atomic E-state index is -4.66. The molecule has 290 valence electrons. The summed E-state index contributed by atoms with van der Waals surface area (Å²) in [6.45, 7) is 2.26. The van der Waals surface area contributed by atoms with Gasteiger partial charge in [-0.25, -0.2) is 9.37 Å². The Bertz CT molecular complexity index is 1870. The maximum atomic E-state index is 13.8. The van der Waals surface area contributed by atoms with Gasteiger partial charge in [-0.15, -0.1) is 10.2 Å². The fourth-order valence-corrected chi connectivity index (χ4v) is 6.79. The quantitative estimate of drug-likeness (QED) is 0.147. The Kier molecular flexibility index (Phi) is 11.7. The molecule has 2 amide bonds. The van der Waals surface area contributed by atoms with Crippen molar-refractivity contribution in [1.29, 1.82) is 0 Å². The third-order valence-corrected chi connectivity index (χ3v) is 9.75. The molecule has 1 saturated heterocycles. The Hall–Kier alpha value is -4.91. The standard InChI is InChI=1S/C36H41F4N7O7/c1-35(2,34-41-15-29(54-34)21-7-9-23(37)10-8-21)47-12-11-46(26(17-47)33(51)42-19-36(38,39)40)16-24(48)13-22(14-30-45-43-20-53-30)32(50)44-31-25-5-3-4-6-28(25)52-18-27(31)49/h3-10,15,20,22,24,26-27,31,48-49H,11-14,16-19H2,1-2H3,(H,42,51)(H,44,50)/t22-,24+,26+,27-,31+/m1/s1. The molecular formula is C36H41F4N7O7. The van der Waals surface area contributed by atoms with Gasteiger partial charge in [0.25, 0.3) is 0 Å². The van der Waals surface area contributed by atoms with E-state index in [4.69, 9.17) is 13.6 Å². The molecule has 2 aromatic heterocycles. The van der Waals surface area contributed by atoms with E-state index in [-0.39, 0.29) is 50.9 Å². The number of aliphatic hydroxyl groups is 2. The number of hydrogen-bond acceptors (Lipinski definition) is 12. The summed E-state index contributed by atoms with van der Waals surface area (Å²) in [5.74, 6) is -1.48. The third-order valence-electron chi connectivity index (χ3n) is 9.75. The number of rotatable bonds is 13. The topological polar surface area (TPSA) is 179 Å². The van der Waals surface area contributed by atoms with E-state index in [9.17, 15) is 37.4 Å². The second kappa shape index (κ2) is 16.2. The number of amides is 2. The zero-order valence-electron chi connectivity index (χ0n) is 29.5. The highest BCUT2D eigenvalue weighted by atomic mass is 19.4. The zero-order chi connectivity index (χ0) is 38.6. The van der Waals surface area contributed by atoms with E-state index in [1.807, 2.05) is 10.2 Å². The molecule has 54 heavy (non-hydrogen) atoms. The summed E-state index contributed by atoms with van der Waals surface area (Å²) in [4.78, 5) is 35.0. The van der Waals surface area contributed by atoms with Gasteiger partial charge in [0, 0.05) is 49.6 Å². The van der Waals surface area contributed by atoms with Crippen molar-refractivity contribution in [1.82, 2.24) is 35.6 Å². The summed E-state index contributed by atoms with van der Waals surface area (Å²) >= 11 is 0. The lowest BCUT2D eigenvalue weighted by Gasteiger charge is -2.46. The molecule has 2 aliphatic rings. The van der Waals surface area contributed by atoms with Crippen molar-refractivity contribution in [2.24, 2.45) is 5.92 Å². The SMILES string of the molecule is CC(C)(c1ncc(-c2ccc(F)cc2)o1)N1CCN(C[C@@H](O)C[C@H](Cc2nnco2)C(=O)N[C@H]2c3ccccc3OC[C@H]2O)[C@H](C(=O)NCC(F)(F)F)C1. The number of nitrogens with zero attached hydrogens (tertiary/aromatic N) is 5. The molecule has 6 rings (SSSR count). The van der Waals surface area contributed by atoms with Crippen LogP contribution in [0.1, 0.15) is 43.7 Å². The number of oxazole rings is 1. The van der Waals surface area contributed by atoms with Gasteiger partial charge in [0.2, 0.25) is 30.0 Å². The summed E-state index contributed by atoms with van der Waals surface area (Å²) in [6.07, 6.45) is -4.56. The lowest BCUT2D eigenvalue weighted by atomic mass is 9.93. The Morgan fingerprint density at radius 3 is 2.57 bits per heavy atom. The van der Waals surface area contributed by atoms with E-state index in [1.54, 1.807) is 55.1 Å². The van der Waals surface area contributed by atoms with E-state index >= 15 is 0 Å². The number of alkyl halides is 3. The van der Waals surface area contributed by atoms with Gasteiger partial charge >= 0.3 is 6.18 Å². The van der Waals surface area contributed by atoms with Crippen LogP contribution in [0.3, 0.4) is 0 Å². The molecule has 4 heterocycles. The number of carbonyl (C=O) groups excluding carboxylic acids is 2. The van der Waals surface area contributed by atoms with Gasteiger partial charge in [-0.3, -0.25) is 19.4 Å². The number of fused-ring (bicyclic) bond motifs is 1. The van der Waals surface area contributed by atoms with E-state index in [1.165, 1.54) is 18.3 Å². The number of halogens is 4. The third kappa shape index (κ3) is 9.23. The Labute approximate surface area is 307 Å². The first-order valence-electron chi connectivity index (χ1n) is 17.4. The largest absolute Gasteiger partial charge is 0.490 e. The molecule has 2 aromatic carbocycles. The van der Waals surface area contributed by atoms with Crippen molar-refractivity contribution < 1.29 is 50.9 Å². The summed E-state index contributed by atoms with van der Waals surface area (Å²) < 4.78 is 70.0. The molecule has 0 aliphatic carbocycles. The maximum absolute atomic E-state index is 13.8. The second-order valence-electron chi connectivity index (χ2n) is 13.9. The second-order valence-corrected chi connectivity index (χ2v) is 13.9. The summed E-state index contributed by atoms with van der Waals surface area (Å²) in [6, 6.07) is 10.7. The van der Waals surface area contributed by atoms with Crippen molar-refractivity contribution in [3.05, 3.63) is 84.3 Å². The van der Waals surface area contributed by atoms with Gasteiger partial charge in [-0.05, 0) is 50.6 Å². The fraction of sp³-hybridized carbons (Fsp3) is 0.472. The Morgan fingerprint density at radius 1 is 1.09 bits per heavy atom. The van der Waals surface area contributed by atoms with Crippen molar-refractivity contribution in [2.45, 2.75) is 62.7 Å². The van der Waals surface area contributed by atoms with E-state index in [0.29, 0.717) is 29.2 Å². The maximum Gasteiger partial charge on any atom is 0.405 e. The van der Waals surface area contributed by atoms with Crippen LogP contribution in [-0.4, -0.2) is 111 Å². The van der Waals surface area contributed by atoms with E-state index in [0.717, 1.165) is 6.39 Å². The molecule has 4 N–H and O–H groups in total. The number of carbonyl (C=O) groups is 2. The number of piperazine rings is 1. The fourth-order valence-electron chi connectivity index (χ4n) is 6.79. The molecule has 0 spiro atoms. The first-order valence-corrected chi connectivity index (χ1v) is 17.4. The van der Waals surface area contributed by atoms with Gasteiger partial charge < -0.3 is 34.4 Å². The average molecular weight is 760 g/mol. The predicted octanol–water partition coefficient (Wildman–Crippen LogP) is 2.98. The molecule has 5 atom stereocenters. The first kappa shape index (κ1) is 38.8. The van der Waals surface area contributed by atoms with Crippen molar-refractivity contribution in [3.8, 4) is 17.1 Å². The molecule has 0 unspecified atom stereocenters. The molecule has 14 nitrogen and oxygen atoms in total. The molecule has 0 saturated carbocycles. The van der Waals surface area contributed by atoms with Crippen LogP contribution in [0, 0.1) is 11.7 Å². The van der Waals surface area contributed by atoms with Gasteiger partial charge in [0.15, 0.2) is 5.76 Å². The number of aromatic nitrogens is 3. The molecule has 18 heteroatoms. The number of aliphatic hydroxyl groups excluding tert-OH is 2.